The number of aromatic nitrogens is 1. The number of nitrogens with zero attached hydrogens (tertiary/aromatic N) is 3. The lowest BCUT2D eigenvalue weighted by Crippen LogP contribution is -2.53. The molecule has 0 saturated carbocycles. The molecule has 4 heterocycles. The predicted molar refractivity (Wildman–Crippen MR) is 130 cm³/mol. The molecule has 2 fully saturated rings. The van der Waals surface area contributed by atoms with Crippen LogP contribution in [0.5, 0.6) is 0 Å². The van der Waals surface area contributed by atoms with Gasteiger partial charge in [0.05, 0.1) is 18.8 Å². The van der Waals surface area contributed by atoms with Crippen molar-refractivity contribution < 1.29 is 19.1 Å². The summed E-state index contributed by atoms with van der Waals surface area (Å²) in [7, 11) is 0. The molecule has 2 saturated heterocycles. The number of pyridine rings is 1. The first-order valence-electron chi connectivity index (χ1n) is 12.0. The molecule has 1 unspecified atom stereocenters. The summed E-state index contributed by atoms with van der Waals surface area (Å²) in [5.41, 5.74) is 4.03. The molecule has 1 aromatic heterocycles. The third-order valence-corrected chi connectivity index (χ3v) is 7.10. The Bertz CT molecular complexity index is 1330. The second-order valence-electron chi connectivity index (χ2n) is 9.36. The molecule has 8 nitrogen and oxygen atoms in total. The van der Waals surface area contributed by atoms with E-state index < -0.39 is 11.9 Å². The first-order chi connectivity index (χ1) is 17.1. The molecular weight excluding hydrogens is 444 g/mol. The Morgan fingerprint density at radius 2 is 1.77 bits per heavy atom. The van der Waals surface area contributed by atoms with Crippen molar-refractivity contribution in [3.63, 3.8) is 0 Å². The number of anilines is 1. The van der Waals surface area contributed by atoms with Crippen LogP contribution in [-0.2, 0) is 27.3 Å². The Morgan fingerprint density at radius 1 is 1.00 bits per heavy atom. The second-order valence-corrected chi connectivity index (χ2v) is 9.36. The summed E-state index contributed by atoms with van der Waals surface area (Å²) in [5, 5.41) is 4.10. The highest BCUT2D eigenvalue weighted by Gasteiger charge is 2.41. The first kappa shape index (κ1) is 21.9. The number of hydrogen-bond donors (Lipinski definition) is 1. The molecular formula is C27H26N4O4. The van der Waals surface area contributed by atoms with E-state index in [9.17, 15) is 14.4 Å². The van der Waals surface area contributed by atoms with E-state index in [-0.39, 0.29) is 18.2 Å². The zero-order valence-corrected chi connectivity index (χ0v) is 19.3. The first-order valence-corrected chi connectivity index (χ1v) is 12.0. The Kier molecular flexibility index (Phi) is 5.54. The SMILES string of the molecule is O=C1CCC(N2C(=O)c3cccc4c(Cc5ccc(CN6CCOCC6)cc5)cnc2c34)C(=O)N1. The predicted octanol–water partition coefficient (Wildman–Crippen LogP) is 2.42. The van der Waals surface area contributed by atoms with Crippen molar-refractivity contribution in [1.29, 1.82) is 0 Å². The quantitative estimate of drug-likeness (QED) is 0.576. The summed E-state index contributed by atoms with van der Waals surface area (Å²) in [5.74, 6) is -0.490. The van der Waals surface area contributed by atoms with Crippen LogP contribution in [0.25, 0.3) is 10.8 Å². The zero-order chi connectivity index (χ0) is 23.9. The summed E-state index contributed by atoms with van der Waals surface area (Å²) in [6.45, 7) is 4.43. The lowest BCUT2D eigenvalue weighted by molar-refractivity contribution is -0.134. The highest BCUT2D eigenvalue weighted by molar-refractivity contribution is 6.26. The van der Waals surface area contributed by atoms with Gasteiger partial charge in [-0.25, -0.2) is 4.98 Å². The number of imide groups is 1. The number of rotatable bonds is 5. The van der Waals surface area contributed by atoms with Gasteiger partial charge < -0.3 is 4.74 Å². The van der Waals surface area contributed by atoms with Gasteiger partial charge in [-0.05, 0) is 41.0 Å². The number of hydrogen-bond acceptors (Lipinski definition) is 6. The van der Waals surface area contributed by atoms with Gasteiger partial charge in [0.15, 0.2) is 0 Å². The number of morpholine rings is 1. The number of benzene rings is 2. The number of piperidine rings is 1. The van der Waals surface area contributed by atoms with Gasteiger partial charge in [0.2, 0.25) is 11.8 Å². The lowest BCUT2D eigenvalue weighted by Gasteiger charge is -2.29. The van der Waals surface area contributed by atoms with E-state index in [1.807, 2.05) is 12.1 Å². The van der Waals surface area contributed by atoms with Crippen LogP contribution in [0, 0.1) is 0 Å². The van der Waals surface area contributed by atoms with Crippen molar-refractivity contribution in [2.75, 3.05) is 31.2 Å². The molecule has 3 aliphatic heterocycles. The van der Waals surface area contributed by atoms with Gasteiger partial charge in [0.1, 0.15) is 11.9 Å². The topological polar surface area (TPSA) is 91.8 Å². The van der Waals surface area contributed by atoms with Crippen LogP contribution in [0.1, 0.15) is 39.9 Å². The fourth-order valence-electron chi connectivity index (χ4n) is 5.28. The molecule has 1 N–H and O–H groups in total. The summed E-state index contributed by atoms with van der Waals surface area (Å²) < 4.78 is 5.43. The van der Waals surface area contributed by atoms with Crippen molar-refractivity contribution >= 4 is 34.3 Å². The van der Waals surface area contributed by atoms with Crippen molar-refractivity contribution in [1.82, 2.24) is 15.2 Å². The molecule has 3 amide bonds. The Balaban J connectivity index is 1.27. The molecule has 0 bridgehead atoms. The molecule has 1 atom stereocenters. The maximum Gasteiger partial charge on any atom is 0.260 e. The molecule has 0 spiro atoms. The van der Waals surface area contributed by atoms with Crippen LogP contribution in [-0.4, -0.2) is 60.0 Å². The number of amides is 3. The highest BCUT2D eigenvalue weighted by Crippen LogP contribution is 2.39. The van der Waals surface area contributed by atoms with Gasteiger partial charge in [-0.15, -0.1) is 0 Å². The van der Waals surface area contributed by atoms with Crippen LogP contribution >= 0.6 is 0 Å². The monoisotopic (exact) mass is 470 g/mol. The van der Waals surface area contributed by atoms with E-state index in [2.05, 4.69) is 39.5 Å². The van der Waals surface area contributed by atoms with Gasteiger partial charge in [-0.3, -0.25) is 29.5 Å². The fraction of sp³-hybridized carbons (Fsp3) is 0.333. The van der Waals surface area contributed by atoms with Gasteiger partial charge >= 0.3 is 0 Å². The lowest BCUT2D eigenvalue weighted by atomic mass is 9.98. The highest BCUT2D eigenvalue weighted by atomic mass is 16.5. The summed E-state index contributed by atoms with van der Waals surface area (Å²) in [6.07, 6.45) is 3.00. The van der Waals surface area contributed by atoms with E-state index >= 15 is 0 Å². The van der Waals surface area contributed by atoms with E-state index in [4.69, 9.17) is 4.74 Å². The molecule has 3 aromatic rings. The summed E-state index contributed by atoms with van der Waals surface area (Å²) in [6, 6.07) is 13.6. The minimum absolute atomic E-state index is 0.208. The van der Waals surface area contributed by atoms with Crippen LogP contribution < -0.4 is 10.2 Å². The van der Waals surface area contributed by atoms with Gasteiger partial charge in [0.25, 0.3) is 5.91 Å². The maximum absolute atomic E-state index is 13.3. The van der Waals surface area contributed by atoms with Crippen LogP contribution in [0.2, 0.25) is 0 Å². The van der Waals surface area contributed by atoms with Gasteiger partial charge in [0, 0.05) is 37.6 Å². The molecule has 35 heavy (non-hydrogen) atoms. The van der Waals surface area contributed by atoms with Gasteiger partial charge in [-0.1, -0.05) is 36.4 Å². The maximum atomic E-state index is 13.3. The minimum atomic E-state index is -0.729. The third kappa shape index (κ3) is 3.98. The number of carbonyl (C=O) groups is 3. The van der Waals surface area contributed by atoms with Crippen molar-refractivity contribution in [3.05, 3.63) is 70.9 Å². The van der Waals surface area contributed by atoms with Crippen LogP contribution in [0.15, 0.2) is 48.7 Å². The van der Waals surface area contributed by atoms with E-state index in [1.165, 1.54) is 16.0 Å². The third-order valence-electron chi connectivity index (χ3n) is 7.10. The molecule has 6 rings (SSSR count). The smallest absolute Gasteiger partial charge is 0.260 e. The standard InChI is InChI=1S/C27H26N4O4/c32-23-9-8-22(26(33)29-23)31-25-24-20(2-1-3-21(24)27(31)34)19(15-28-25)14-17-4-6-18(7-5-17)16-30-10-12-35-13-11-30/h1-7,15,22H,8-14,16H2,(H,29,32,33). The average Bonchev–Trinajstić information content (AvgIpc) is 3.15. The largest absolute Gasteiger partial charge is 0.379 e. The Hall–Kier alpha value is -3.62. The molecule has 0 radical (unpaired) electrons. The van der Waals surface area contributed by atoms with Crippen LogP contribution in [0.3, 0.4) is 0 Å². The number of nitrogens with one attached hydrogen (secondary N) is 1. The Morgan fingerprint density at radius 3 is 2.54 bits per heavy atom. The van der Waals surface area contributed by atoms with E-state index in [0.29, 0.717) is 24.2 Å². The number of ether oxygens (including phenoxy) is 1. The fourth-order valence-corrected chi connectivity index (χ4v) is 5.28. The zero-order valence-electron chi connectivity index (χ0n) is 19.3. The van der Waals surface area contributed by atoms with Crippen LogP contribution in [0.4, 0.5) is 5.82 Å². The Labute approximate surface area is 202 Å². The minimum Gasteiger partial charge on any atom is -0.379 e. The average molecular weight is 471 g/mol. The summed E-state index contributed by atoms with van der Waals surface area (Å²) in [4.78, 5) is 45.9. The normalized spacial score (nSPS) is 20.5. The molecule has 2 aromatic carbocycles. The van der Waals surface area contributed by atoms with E-state index in [1.54, 1.807) is 12.3 Å². The molecule has 8 heteroatoms. The van der Waals surface area contributed by atoms with Crippen molar-refractivity contribution in [2.24, 2.45) is 0 Å². The molecule has 3 aliphatic rings. The second kappa shape index (κ2) is 8.87. The van der Waals surface area contributed by atoms with E-state index in [0.717, 1.165) is 49.2 Å². The summed E-state index contributed by atoms with van der Waals surface area (Å²) >= 11 is 0. The number of carbonyl (C=O) groups excluding carboxylic acids is 3. The van der Waals surface area contributed by atoms with Crippen molar-refractivity contribution in [2.45, 2.75) is 31.8 Å². The van der Waals surface area contributed by atoms with Crippen molar-refractivity contribution in [3.8, 4) is 0 Å². The molecule has 0 aliphatic carbocycles. The molecule has 178 valence electrons. The van der Waals surface area contributed by atoms with Gasteiger partial charge in [-0.2, -0.15) is 0 Å².